The Hall–Kier alpha value is -0.680. The van der Waals surface area contributed by atoms with Gasteiger partial charge >= 0.3 is 0 Å². The largest absolute Gasteiger partial charge is 0.396 e. The Morgan fingerprint density at radius 1 is 1.41 bits per heavy atom. The summed E-state index contributed by atoms with van der Waals surface area (Å²) in [6, 6.07) is 1.85. The van der Waals surface area contributed by atoms with E-state index in [0.717, 1.165) is 16.2 Å². The average Bonchev–Trinajstić information content (AvgIpc) is 2.26. The summed E-state index contributed by atoms with van der Waals surface area (Å²) in [7, 11) is 0. The molecular weight excluding hydrogens is 282 g/mol. The number of halogens is 1. The van der Waals surface area contributed by atoms with E-state index in [1.807, 2.05) is 19.9 Å². The summed E-state index contributed by atoms with van der Waals surface area (Å²) in [5, 5.41) is 12.4. The molecule has 0 aliphatic heterocycles. The van der Waals surface area contributed by atoms with Crippen molar-refractivity contribution in [3.05, 3.63) is 16.5 Å². The number of hydrogen-bond donors (Lipinski definition) is 2. The van der Waals surface area contributed by atoms with E-state index in [4.69, 9.17) is 0 Å². The van der Waals surface area contributed by atoms with Gasteiger partial charge in [0.25, 0.3) is 0 Å². The molecule has 0 radical (unpaired) electrons. The molecule has 1 heterocycles. The van der Waals surface area contributed by atoms with Gasteiger partial charge in [-0.3, -0.25) is 0 Å². The fourth-order valence-corrected chi connectivity index (χ4v) is 1.57. The predicted octanol–water partition coefficient (Wildman–Crippen LogP) is 2.79. The molecule has 96 valence electrons. The van der Waals surface area contributed by atoms with Crippen LogP contribution in [0.15, 0.2) is 10.7 Å². The molecule has 1 aromatic heterocycles. The van der Waals surface area contributed by atoms with Crippen molar-refractivity contribution >= 4 is 21.7 Å². The number of aliphatic hydroxyl groups excluding tert-OH is 1. The lowest BCUT2D eigenvalue weighted by Crippen LogP contribution is -2.27. The molecule has 0 unspecified atom stereocenters. The first kappa shape index (κ1) is 14.4. The molecule has 4 nitrogen and oxygen atoms in total. The van der Waals surface area contributed by atoms with Gasteiger partial charge in [0.05, 0.1) is 0 Å². The van der Waals surface area contributed by atoms with Crippen LogP contribution in [0.25, 0.3) is 0 Å². The molecule has 5 heteroatoms. The van der Waals surface area contributed by atoms with Gasteiger partial charge in [-0.2, -0.15) is 0 Å². The van der Waals surface area contributed by atoms with Crippen LogP contribution in [0.4, 0.5) is 5.82 Å². The molecule has 0 saturated carbocycles. The van der Waals surface area contributed by atoms with Crippen LogP contribution in [0.5, 0.6) is 0 Å². The SMILES string of the molecule is CC(C)c1nc(Br)cc(NCC(C)(C)CO)n1. The lowest BCUT2D eigenvalue weighted by molar-refractivity contribution is 0.170. The van der Waals surface area contributed by atoms with Gasteiger partial charge in [-0.25, -0.2) is 9.97 Å². The average molecular weight is 302 g/mol. The van der Waals surface area contributed by atoms with E-state index in [2.05, 4.69) is 45.1 Å². The molecule has 0 aliphatic rings. The minimum Gasteiger partial charge on any atom is -0.396 e. The van der Waals surface area contributed by atoms with Gasteiger partial charge < -0.3 is 10.4 Å². The number of hydrogen-bond acceptors (Lipinski definition) is 4. The number of aliphatic hydroxyl groups is 1. The van der Waals surface area contributed by atoms with Gasteiger partial charge in [0, 0.05) is 30.6 Å². The standard InChI is InChI=1S/C12H20BrN3O/c1-8(2)11-15-9(13)5-10(16-11)14-6-12(3,4)7-17/h5,8,17H,6-7H2,1-4H3,(H,14,15,16). The van der Waals surface area contributed by atoms with E-state index in [1.165, 1.54) is 0 Å². The molecule has 1 rings (SSSR count). The molecule has 1 aromatic rings. The van der Waals surface area contributed by atoms with Crippen molar-refractivity contribution in [2.45, 2.75) is 33.6 Å². The van der Waals surface area contributed by atoms with Crippen molar-refractivity contribution in [3.63, 3.8) is 0 Å². The van der Waals surface area contributed by atoms with Crippen LogP contribution < -0.4 is 5.32 Å². The van der Waals surface area contributed by atoms with Crippen LogP contribution in [0, 0.1) is 5.41 Å². The fraction of sp³-hybridized carbons (Fsp3) is 0.667. The molecule has 0 saturated heterocycles. The first-order chi connectivity index (χ1) is 7.84. The monoisotopic (exact) mass is 301 g/mol. The van der Waals surface area contributed by atoms with E-state index in [0.29, 0.717) is 12.5 Å². The highest BCUT2D eigenvalue weighted by Gasteiger charge is 2.16. The molecule has 0 spiro atoms. The Bertz CT molecular complexity index is 380. The maximum Gasteiger partial charge on any atom is 0.134 e. The minimum absolute atomic E-state index is 0.142. The molecule has 0 atom stereocenters. The molecule has 0 bridgehead atoms. The van der Waals surface area contributed by atoms with Gasteiger partial charge in [0.15, 0.2) is 0 Å². The normalized spacial score (nSPS) is 11.9. The lowest BCUT2D eigenvalue weighted by atomic mass is 9.95. The van der Waals surface area contributed by atoms with Gasteiger partial charge in [0.1, 0.15) is 16.2 Å². The summed E-state index contributed by atoms with van der Waals surface area (Å²) in [6.07, 6.45) is 0. The zero-order valence-electron chi connectivity index (χ0n) is 10.8. The quantitative estimate of drug-likeness (QED) is 0.821. The van der Waals surface area contributed by atoms with Crippen LogP contribution in [0.3, 0.4) is 0 Å². The number of aromatic nitrogens is 2. The number of nitrogens with one attached hydrogen (secondary N) is 1. The van der Waals surface area contributed by atoms with Crippen molar-refractivity contribution < 1.29 is 5.11 Å². The first-order valence-electron chi connectivity index (χ1n) is 5.73. The second-order valence-electron chi connectivity index (χ2n) is 5.26. The van der Waals surface area contributed by atoms with E-state index >= 15 is 0 Å². The highest BCUT2D eigenvalue weighted by molar-refractivity contribution is 9.10. The second-order valence-corrected chi connectivity index (χ2v) is 6.08. The van der Waals surface area contributed by atoms with Crippen molar-refractivity contribution in [3.8, 4) is 0 Å². The summed E-state index contributed by atoms with van der Waals surface area (Å²) in [4.78, 5) is 8.75. The summed E-state index contributed by atoms with van der Waals surface area (Å²) in [6.45, 7) is 8.93. The second kappa shape index (κ2) is 5.78. The maximum absolute atomic E-state index is 9.19. The van der Waals surface area contributed by atoms with Crippen LogP contribution in [0.2, 0.25) is 0 Å². The van der Waals surface area contributed by atoms with Crippen LogP contribution in [-0.2, 0) is 0 Å². The van der Waals surface area contributed by atoms with Gasteiger partial charge in [0.2, 0.25) is 0 Å². The highest BCUT2D eigenvalue weighted by Crippen LogP contribution is 2.19. The van der Waals surface area contributed by atoms with E-state index in [-0.39, 0.29) is 12.0 Å². The number of rotatable bonds is 5. The Morgan fingerprint density at radius 3 is 2.59 bits per heavy atom. The van der Waals surface area contributed by atoms with Crippen molar-refractivity contribution in [1.29, 1.82) is 0 Å². The van der Waals surface area contributed by atoms with Crippen molar-refractivity contribution in [2.75, 3.05) is 18.5 Å². The molecule has 17 heavy (non-hydrogen) atoms. The topological polar surface area (TPSA) is 58.0 Å². The molecule has 2 N–H and O–H groups in total. The third kappa shape index (κ3) is 4.60. The summed E-state index contributed by atoms with van der Waals surface area (Å²) >= 11 is 3.38. The van der Waals surface area contributed by atoms with Gasteiger partial charge in [-0.15, -0.1) is 0 Å². The number of nitrogens with zero attached hydrogens (tertiary/aromatic N) is 2. The van der Waals surface area contributed by atoms with Crippen LogP contribution in [-0.4, -0.2) is 28.2 Å². The summed E-state index contributed by atoms with van der Waals surface area (Å²) < 4.78 is 0.778. The van der Waals surface area contributed by atoms with Gasteiger partial charge in [-0.05, 0) is 15.9 Å². The Kier molecular flexibility index (Phi) is 4.89. The molecule has 0 amide bonds. The smallest absolute Gasteiger partial charge is 0.134 e. The molecule has 0 aliphatic carbocycles. The van der Waals surface area contributed by atoms with E-state index in [1.54, 1.807) is 0 Å². The van der Waals surface area contributed by atoms with Crippen LogP contribution in [0.1, 0.15) is 39.4 Å². The van der Waals surface area contributed by atoms with E-state index in [9.17, 15) is 5.11 Å². The zero-order chi connectivity index (χ0) is 13.1. The molecular formula is C12H20BrN3O. The summed E-state index contributed by atoms with van der Waals surface area (Å²) in [5.74, 6) is 1.89. The molecule has 0 fully saturated rings. The Balaban J connectivity index is 2.78. The van der Waals surface area contributed by atoms with E-state index < -0.39 is 0 Å². The zero-order valence-corrected chi connectivity index (χ0v) is 12.4. The number of anilines is 1. The predicted molar refractivity (Wildman–Crippen MR) is 73.2 cm³/mol. The van der Waals surface area contributed by atoms with Crippen molar-refractivity contribution in [1.82, 2.24) is 9.97 Å². The Morgan fingerprint density at radius 2 is 2.06 bits per heavy atom. The fourth-order valence-electron chi connectivity index (χ4n) is 1.17. The maximum atomic E-state index is 9.19. The third-order valence-corrected chi connectivity index (χ3v) is 2.81. The lowest BCUT2D eigenvalue weighted by Gasteiger charge is -2.22. The minimum atomic E-state index is -0.157. The van der Waals surface area contributed by atoms with Gasteiger partial charge in [-0.1, -0.05) is 27.7 Å². The summed E-state index contributed by atoms with van der Waals surface area (Å²) in [5.41, 5.74) is -0.157. The first-order valence-corrected chi connectivity index (χ1v) is 6.52. The highest BCUT2D eigenvalue weighted by atomic mass is 79.9. The molecule has 0 aromatic carbocycles. The van der Waals surface area contributed by atoms with Crippen molar-refractivity contribution in [2.24, 2.45) is 5.41 Å². The third-order valence-electron chi connectivity index (χ3n) is 2.40. The van der Waals surface area contributed by atoms with Crippen LogP contribution >= 0.6 is 15.9 Å². The Labute approximate surface area is 111 Å².